The lowest BCUT2D eigenvalue weighted by Crippen LogP contribution is -2.43. The van der Waals surface area contributed by atoms with Crippen LogP contribution in [-0.4, -0.2) is 55.2 Å². The summed E-state index contributed by atoms with van der Waals surface area (Å²) in [5.41, 5.74) is 0.166. The van der Waals surface area contributed by atoms with Crippen molar-refractivity contribution < 1.29 is 21.6 Å². The molecule has 0 aliphatic heterocycles. The summed E-state index contributed by atoms with van der Waals surface area (Å²) in [4.78, 5) is 15.7. The van der Waals surface area contributed by atoms with Crippen LogP contribution >= 0.6 is 47.0 Å². The number of benzene rings is 2. The quantitative estimate of drug-likeness (QED) is 0.451. The summed E-state index contributed by atoms with van der Waals surface area (Å²) in [5.74, 6) is -0.364. The van der Waals surface area contributed by atoms with E-state index in [9.17, 15) is 21.6 Å². The van der Waals surface area contributed by atoms with Gasteiger partial charge in [-0.15, -0.1) is 0 Å². The van der Waals surface area contributed by atoms with Crippen LogP contribution in [0.15, 0.2) is 41.3 Å². The molecule has 0 bridgehead atoms. The monoisotopic (exact) mass is 569 g/mol. The van der Waals surface area contributed by atoms with E-state index in [0.29, 0.717) is 0 Å². The smallest absolute Gasteiger partial charge is 0.295 e. The summed E-state index contributed by atoms with van der Waals surface area (Å²) in [5, 5.41) is 2.19. The second-order valence-electron chi connectivity index (χ2n) is 6.56. The Kier molecular flexibility index (Phi) is 7.24. The summed E-state index contributed by atoms with van der Waals surface area (Å²) in [6, 6.07) is 6.84. The topological polar surface area (TPSA) is 130 Å². The number of fused-ring (bicyclic) bond motifs is 1. The molecule has 3 aromatic rings. The summed E-state index contributed by atoms with van der Waals surface area (Å²) in [6.07, 6.45) is 0. The van der Waals surface area contributed by atoms with Gasteiger partial charge in [0.2, 0.25) is 0 Å². The van der Waals surface area contributed by atoms with Crippen molar-refractivity contribution in [1.82, 2.24) is 23.3 Å². The molecule has 2 N–H and O–H groups in total. The number of rotatable bonds is 5. The summed E-state index contributed by atoms with van der Waals surface area (Å²) >= 11 is 23.1. The zero-order valence-electron chi connectivity index (χ0n) is 16.7. The third-order valence-electron chi connectivity index (χ3n) is 4.13. The first-order valence-electron chi connectivity index (χ1n) is 8.69. The Morgan fingerprint density at radius 1 is 1.03 bits per heavy atom. The molecule has 0 atom stereocenters. The van der Waals surface area contributed by atoms with Gasteiger partial charge in [-0.25, -0.2) is 26.9 Å². The maximum atomic E-state index is 12.9. The van der Waals surface area contributed by atoms with E-state index >= 15 is 0 Å². The number of carbonyl (C=O) groups excluding carboxylic acids is 1. The SMILES string of the molecule is CN(C)S(=O)(=O)n1c(C(=S)NC(=O)NS(=O)(=O)c2ccccc2Cl)nc2cc(Cl)c(Cl)cc21. The highest BCUT2D eigenvalue weighted by molar-refractivity contribution is 7.90. The minimum Gasteiger partial charge on any atom is -0.295 e. The molecule has 0 radical (unpaired) electrons. The summed E-state index contributed by atoms with van der Waals surface area (Å²) < 4.78 is 54.2. The number of aromatic nitrogens is 2. The molecule has 1 aromatic heterocycles. The lowest BCUT2D eigenvalue weighted by Gasteiger charge is -2.16. The highest BCUT2D eigenvalue weighted by Gasteiger charge is 2.29. The Morgan fingerprint density at radius 3 is 2.24 bits per heavy atom. The number of imidazole rings is 1. The average Bonchev–Trinajstić information content (AvgIpc) is 3.06. The van der Waals surface area contributed by atoms with Gasteiger partial charge in [0.1, 0.15) is 4.90 Å². The number of halogens is 3. The van der Waals surface area contributed by atoms with Crippen molar-refractivity contribution in [2.24, 2.45) is 0 Å². The Labute approximate surface area is 209 Å². The summed E-state index contributed by atoms with van der Waals surface area (Å²) in [6.45, 7) is 0. The van der Waals surface area contributed by atoms with Crippen LogP contribution in [0.25, 0.3) is 11.0 Å². The van der Waals surface area contributed by atoms with Crippen LogP contribution in [0.3, 0.4) is 0 Å². The Morgan fingerprint density at radius 2 is 1.64 bits per heavy atom. The van der Waals surface area contributed by atoms with Gasteiger partial charge in [-0.1, -0.05) is 59.2 Å². The van der Waals surface area contributed by atoms with Gasteiger partial charge in [-0.05, 0) is 24.3 Å². The molecule has 33 heavy (non-hydrogen) atoms. The fourth-order valence-electron chi connectivity index (χ4n) is 2.62. The third kappa shape index (κ3) is 5.09. The van der Waals surface area contributed by atoms with Crippen molar-refractivity contribution >= 4 is 89.3 Å². The molecule has 0 aliphatic rings. The lowest BCUT2D eigenvalue weighted by molar-refractivity contribution is 0.250. The molecule has 0 aliphatic carbocycles. The number of nitrogens with one attached hydrogen (secondary N) is 2. The Hall–Kier alpha value is -2.00. The molecule has 176 valence electrons. The van der Waals surface area contributed by atoms with Crippen LogP contribution in [0.4, 0.5) is 4.79 Å². The van der Waals surface area contributed by atoms with Gasteiger partial charge in [0.15, 0.2) is 10.8 Å². The van der Waals surface area contributed by atoms with Crippen molar-refractivity contribution in [2.45, 2.75) is 4.90 Å². The Bertz CT molecular complexity index is 1500. The normalized spacial score (nSPS) is 12.2. The van der Waals surface area contributed by atoms with Crippen LogP contribution in [-0.2, 0) is 20.2 Å². The molecule has 0 saturated carbocycles. The zero-order valence-corrected chi connectivity index (χ0v) is 21.4. The van der Waals surface area contributed by atoms with Crippen molar-refractivity contribution in [3.63, 3.8) is 0 Å². The number of thiocarbonyl (C=S) groups is 1. The predicted molar refractivity (Wildman–Crippen MR) is 130 cm³/mol. The van der Waals surface area contributed by atoms with Crippen LogP contribution in [0.5, 0.6) is 0 Å². The first-order chi connectivity index (χ1) is 15.3. The number of amides is 2. The molecule has 2 amide bonds. The van der Waals surface area contributed by atoms with Gasteiger partial charge in [0.05, 0.1) is 26.1 Å². The van der Waals surface area contributed by atoms with Crippen molar-refractivity contribution in [2.75, 3.05) is 14.1 Å². The van der Waals surface area contributed by atoms with E-state index in [1.165, 1.54) is 50.5 Å². The lowest BCUT2D eigenvalue weighted by atomic mass is 10.3. The number of hydrogen-bond donors (Lipinski definition) is 2. The first-order valence-corrected chi connectivity index (χ1v) is 13.1. The molecule has 0 spiro atoms. The number of nitrogens with zero attached hydrogens (tertiary/aromatic N) is 3. The minimum absolute atomic E-state index is 0.0429. The van der Waals surface area contributed by atoms with Crippen molar-refractivity contribution in [1.29, 1.82) is 0 Å². The molecule has 16 heteroatoms. The molecule has 10 nitrogen and oxygen atoms in total. The molecular formula is C17H14Cl3N5O5S3. The summed E-state index contributed by atoms with van der Waals surface area (Å²) in [7, 11) is -5.98. The fourth-order valence-corrected chi connectivity index (χ4v) is 5.72. The van der Waals surface area contributed by atoms with Gasteiger partial charge >= 0.3 is 16.2 Å². The highest BCUT2D eigenvalue weighted by Crippen LogP contribution is 2.30. The van der Waals surface area contributed by atoms with Gasteiger partial charge < -0.3 is 0 Å². The standard InChI is InChI=1S/C17H14Cl3N5O5S3/c1-24(2)33(29,30)25-13-8-11(20)10(19)7-12(13)21-15(25)16(31)22-17(26)23-32(27,28)14-6-4-3-5-9(14)18/h3-8H,1-2H3,(H2,22,23,26,31). The first kappa shape index (κ1) is 25.6. The van der Waals surface area contributed by atoms with Crippen LogP contribution in [0.2, 0.25) is 15.1 Å². The fraction of sp³-hybridized carbons (Fsp3) is 0.118. The maximum absolute atomic E-state index is 12.9. The van der Waals surface area contributed by atoms with E-state index in [2.05, 4.69) is 10.3 Å². The molecule has 2 aromatic carbocycles. The van der Waals surface area contributed by atoms with Gasteiger partial charge in [0, 0.05) is 14.1 Å². The van der Waals surface area contributed by atoms with Gasteiger partial charge in [-0.3, -0.25) is 5.32 Å². The second kappa shape index (κ2) is 9.33. The molecule has 0 saturated heterocycles. The van der Waals surface area contributed by atoms with Crippen LogP contribution < -0.4 is 10.0 Å². The second-order valence-corrected chi connectivity index (χ2v) is 11.8. The number of hydrogen-bond acceptors (Lipinski definition) is 7. The largest absolute Gasteiger partial charge is 0.333 e. The molecule has 0 fully saturated rings. The number of sulfonamides is 1. The van der Waals surface area contributed by atoms with Crippen molar-refractivity contribution in [3.8, 4) is 0 Å². The third-order valence-corrected chi connectivity index (χ3v) is 8.72. The Balaban J connectivity index is 2.00. The van der Waals surface area contributed by atoms with E-state index in [0.717, 1.165) is 8.28 Å². The van der Waals surface area contributed by atoms with E-state index in [4.69, 9.17) is 47.0 Å². The van der Waals surface area contributed by atoms with Gasteiger partial charge in [-0.2, -0.15) is 12.7 Å². The number of urea groups is 1. The average molecular weight is 571 g/mol. The zero-order chi connectivity index (χ0) is 24.7. The van der Waals surface area contributed by atoms with Gasteiger partial charge in [0.25, 0.3) is 10.0 Å². The van der Waals surface area contributed by atoms with Crippen LogP contribution in [0.1, 0.15) is 5.82 Å². The van der Waals surface area contributed by atoms with E-state index < -0.39 is 31.3 Å². The van der Waals surface area contributed by atoms with E-state index in [1.54, 1.807) is 4.72 Å². The molecule has 0 unspecified atom stereocenters. The molecular weight excluding hydrogens is 557 g/mol. The van der Waals surface area contributed by atoms with E-state index in [1.807, 2.05) is 0 Å². The minimum atomic E-state index is -4.35. The number of carbonyl (C=O) groups is 1. The van der Waals surface area contributed by atoms with Crippen molar-refractivity contribution in [3.05, 3.63) is 57.3 Å². The van der Waals surface area contributed by atoms with Crippen LogP contribution in [0, 0.1) is 0 Å². The maximum Gasteiger partial charge on any atom is 0.333 e. The molecule has 1 heterocycles. The van der Waals surface area contributed by atoms with E-state index in [-0.39, 0.29) is 36.8 Å². The molecule has 3 rings (SSSR count). The predicted octanol–water partition coefficient (Wildman–Crippen LogP) is 3.01. The highest BCUT2D eigenvalue weighted by atomic mass is 35.5.